The van der Waals surface area contributed by atoms with Crippen LogP contribution in [0.4, 0.5) is 0 Å². The fourth-order valence-corrected chi connectivity index (χ4v) is 0.938. The van der Waals surface area contributed by atoms with E-state index in [0.717, 1.165) is 0 Å². The van der Waals surface area contributed by atoms with Crippen molar-refractivity contribution >= 4 is 6.01 Å². The van der Waals surface area contributed by atoms with Crippen molar-refractivity contribution in [1.82, 2.24) is 0 Å². The predicted octanol–water partition coefficient (Wildman–Crippen LogP) is 3.30. The zero-order chi connectivity index (χ0) is 10.3. The molecule has 0 heterocycles. The standard InChI is InChI=1S/C10H14.CH2N2/c1-10(2,3)9-7-5-4-6-8-9;2-1-3/h4-8H,1-3H3;2-3H. The summed E-state index contributed by atoms with van der Waals surface area (Å²) in [5.74, 6) is 0. The maximum absolute atomic E-state index is 5.62. The molecule has 0 radical (unpaired) electrons. The molecule has 13 heavy (non-hydrogen) atoms. The molecule has 2 nitrogen and oxygen atoms in total. The summed E-state index contributed by atoms with van der Waals surface area (Å²) in [4.78, 5) is 0. The molecular formula is C11H16N2. The summed E-state index contributed by atoms with van der Waals surface area (Å²) in [5, 5.41) is 11.2. The van der Waals surface area contributed by atoms with E-state index in [0.29, 0.717) is 5.41 Å². The summed E-state index contributed by atoms with van der Waals surface area (Å²) >= 11 is 0. The Hall–Kier alpha value is -1.40. The summed E-state index contributed by atoms with van der Waals surface area (Å²) in [7, 11) is 0. The third-order valence-corrected chi connectivity index (χ3v) is 1.64. The minimum Gasteiger partial charge on any atom is -0.242 e. The van der Waals surface area contributed by atoms with E-state index in [1.165, 1.54) is 11.6 Å². The van der Waals surface area contributed by atoms with Gasteiger partial charge in [-0.1, -0.05) is 51.1 Å². The fraction of sp³-hybridized carbons (Fsp3) is 0.364. The van der Waals surface area contributed by atoms with Crippen molar-refractivity contribution in [1.29, 1.82) is 10.8 Å². The highest BCUT2D eigenvalue weighted by Gasteiger charge is 2.11. The van der Waals surface area contributed by atoms with Crippen LogP contribution in [-0.4, -0.2) is 6.01 Å². The third kappa shape index (κ3) is 4.94. The normalized spacial score (nSPS) is 9.46. The van der Waals surface area contributed by atoms with Crippen LogP contribution in [0.25, 0.3) is 0 Å². The molecule has 1 aromatic carbocycles. The van der Waals surface area contributed by atoms with Gasteiger partial charge in [-0.2, -0.15) is 0 Å². The van der Waals surface area contributed by atoms with E-state index in [4.69, 9.17) is 10.8 Å². The molecule has 2 heteroatoms. The maximum Gasteiger partial charge on any atom is 0.0831 e. The van der Waals surface area contributed by atoms with Crippen molar-refractivity contribution in [3.05, 3.63) is 35.9 Å². The maximum atomic E-state index is 5.62. The Balaban J connectivity index is 0.000000424. The second-order valence-electron chi connectivity index (χ2n) is 3.74. The van der Waals surface area contributed by atoms with Gasteiger partial charge in [0, 0.05) is 0 Å². The van der Waals surface area contributed by atoms with Gasteiger partial charge in [0.05, 0.1) is 6.01 Å². The predicted molar refractivity (Wildman–Crippen MR) is 55.6 cm³/mol. The minimum absolute atomic E-state index is 0.293. The van der Waals surface area contributed by atoms with Crippen LogP contribution in [0.3, 0.4) is 0 Å². The Bertz CT molecular complexity index is 264. The first kappa shape index (κ1) is 11.6. The zero-order valence-corrected chi connectivity index (χ0v) is 8.39. The van der Waals surface area contributed by atoms with Crippen LogP contribution in [0.15, 0.2) is 30.3 Å². The largest absolute Gasteiger partial charge is 0.242 e. The first-order valence-corrected chi connectivity index (χ1v) is 4.16. The number of benzene rings is 1. The lowest BCUT2D eigenvalue weighted by Gasteiger charge is -2.18. The number of nitrogens with one attached hydrogen (secondary N) is 2. The molecule has 0 saturated heterocycles. The molecule has 2 N–H and O–H groups in total. The smallest absolute Gasteiger partial charge is 0.0831 e. The van der Waals surface area contributed by atoms with Gasteiger partial charge in [-0.15, -0.1) is 0 Å². The van der Waals surface area contributed by atoms with Gasteiger partial charge in [-0.3, -0.25) is 0 Å². The Morgan fingerprint density at radius 2 is 1.38 bits per heavy atom. The lowest BCUT2D eigenvalue weighted by Crippen LogP contribution is -2.10. The molecule has 0 aliphatic heterocycles. The second-order valence-corrected chi connectivity index (χ2v) is 3.74. The van der Waals surface area contributed by atoms with Gasteiger partial charge < -0.3 is 0 Å². The SMILES string of the molecule is CC(C)(C)c1ccccc1.N=C=N. The molecule has 0 aliphatic rings. The summed E-state index contributed by atoms with van der Waals surface area (Å²) in [6.45, 7) is 6.67. The lowest BCUT2D eigenvalue weighted by molar-refractivity contribution is 0.590. The van der Waals surface area contributed by atoms with Crippen LogP contribution in [-0.2, 0) is 5.41 Å². The van der Waals surface area contributed by atoms with Crippen molar-refractivity contribution in [2.24, 2.45) is 0 Å². The van der Waals surface area contributed by atoms with Crippen molar-refractivity contribution in [3.8, 4) is 0 Å². The Labute approximate surface area is 79.6 Å². The molecule has 0 saturated carbocycles. The van der Waals surface area contributed by atoms with Crippen molar-refractivity contribution in [2.75, 3.05) is 0 Å². The Kier molecular flexibility index (Phi) is 4.71. The van der Waals surface area contributed by atoms with E-state index in [1.807, 2.05) is 0 Å². The molecule has 0 spiro atoms. The van der Waals surface area contributed by atoms with Crippen LogP contribution < -0.4 is 0 Å². The van der Waals surface area contributed by atoms with Crippen LogP contribution in [0, 0.1) is 10.8 Å². The summed E-state index contributed by atoms with van der Waals surface area (Å²) in [5.41, 5.74) is 1.69. The molecule has 0 atom stereocenters. The minimum atomic E-state index is 0.293. The molecule has 0 aromatic heterocycles. The molecule has 0 amide bonds. The quantitative estimate of drug-likeness (QED) is 0.570. The zero-order valence-electron chi connectivity index (χ0n) is 8.39. The van der Waals surface area contributed by atoms with Gasteiger partial charge in [0.2, 0.25) is 0 Å². The van der Waals surface area contributed by atoms with E-state index >= 15 is 0 Å². The average molecular weight is 176 g/mol. The molecule has 0 unspecified atom stereocenters. The third-order valence-electron chi connectivity index (χ3n) is 1.64. The highest BCUT2D eigenvalue weighted by Crippen LogP contribution is 2.20. The Morgan fingerprint density at radius 3 is 1.62 bits per heavy atom. The molecular weight excluding hydrogens is 160 g/mol. The topological polar surface area (TPSA) is 47.7 Å². The van der Waals surface area contributed by atoms with Gasteiger partial charge in [0.15, 0.2) is 0 Å². The van der Waals surface area contributed by atoms with Gasteiger partial charge in [0.1, 0.15) is 0 Å². The van der Waals surface area contributed by atoms with E-state index in [9.17, 15) is 0 Å². The Morgan fingerprint density at radius 1 is 1.00 bits per heavy atom. The lowest BCUT2D eigenvalue weighted by atomic mass is 9.87. The summed E-state index contributed by atoms with van der Waals surface area (Å²) < 4.78 is 0. The second kappa shape index (κ2) is 5.28. The average Bonchev–Trinajstić information content (AvgIpc) is 2.06. The van der Waals surface area contributed by atoms with Gasteiger partial charge in [0.25, 0.3) is 0 Å². The van der Waals surface area contributed by atoms with Crippen LogP contribution in [0.5, 0.6) is 0 Å². The van der Waals surface area contributed by atoms with Crippen LogP contribution >= 0.6 is 0 Å². The van der Waals surface area contributed by atoms with Crippen LogP contribution in [0.2, 0.25) is 0 Å². The first-order chi connectivity index (χ1) is 6.02. The number of rotatable bonds is 0. The monoisotopic (exact) mass is 176 g/mol. The van der Waals surface area contributed by atoms with E-state index in [2.05, 4.69) is 51.1 Å². The van der Waals surface area contributed by atoms with Crippen LogP contribution in [0.1, 0.15) is 26.3 Å². The molecule has 70 valence electrons. The van der Waals surface area contributed by atoms with Crippen molar-refractivity contribution in [3.63, 3.8) is 0 Å². The molecule has 1 aromatic rings. The number of hydrogen-bond donors (Lipinski definition) is 2. The van der Waals surface area contributed by atoms with Crippen molar-refractivity contribution < 1.29 is 0 Å². The highest BCUT2D eigenvalue weighted by molar-refractivity contribution is 5.29. The fourth-order valence-electron chi connectivity index (χ4n) is 0.938. The highest BCUT2D eigenvalue weighted by atomic mass is 14.4. The van der Waals surface area contributed by atoms with Gasteiger partial charge in [-0.05, 0) is 11.0 Å². The van der Waals surface area contributed by atoms with Gasteiger partial charge >= 0.3 is 0 Å². The summed E-state index contributed by atoms with van der Waals surface area (Å²) in [6, 6.07) is 11.8. The van der Waals surface area contributed by atoms with E-state index < -0.39 is 0 Å². The first-order valence-electron chi connectivity index (χ1n) is 4.16. The molecule has 1 rings (SSSR count). The van der Waals surface area contributed by atoms with Crippen molar-refractivity contribution in [2.45, 2.75) is 26.2 Å². The molecule has 0 aliphatic carbocycles. The van der Waals surface area contributed by atoms with E-state index in [1.54, 1.807) is 0 Å². The number of hydrogen-bond acceptors (Lipinski definition) is 2. The van der Waals surface area contributed by atoms with E-state index in [-0.39, 0.29) is 0 Å². The molecule has 0 bridgehead atoms. The molecule has 0 fully saturated rings. The summed E-state index contributed by atoms with van der Waals surface area (Å²) in [6.07, 6.45) is 0. The van der Waals surface area contributed by atoms with Gasteiger partial charge in [-0.25, -0.2) is 10.8 Å².